The molecule has 0 saturated carbocycles. The third kappa shape index (κ3) is 3.79. The summed E-state index contributed by atoms with van der Waals surface area (Å²) in [5.74, 6) is -0.209. The number of aromatic nitrogens is 3. The van der Waals surface area contributed by atoms with Gasteiger partial charge in [-0.3, -0.25) is 14.9 Å². The summed E-state index contributed by atoms with van der Waals surface area (Å²) in [7, 11) is 0. The highest BCUT2D eigenvalue weighted by molar-refractivity contribution is 6.10. The molecule has 4 rings (SSSR count). The van der Waals surface area contributed by atoms with E-state index in [2.05, 4.69) is 10.3 Å². The number of ketones is 1. The molecular formula is C22H16N4O3. The third-order valence-electron chi connectivity index (χ3n) is 4.51. The summed E-state index contributed by atoms with van der Waals surface area (Å²) < 4.78 is 1.65. The van der Waals surface area contributed by atoms with Crippen molar-refractivity contribution in [2.75, 3.05) is 0 Å². The van der Waals surface area contributed by atoms with Gasteiger partial charge in [-0.1, -0.05) is 78.0 Å². The van der Waals surface area contributed by atoms with Crippen molar-refractivity contribution in [3.05, 3.63) is 112 Å². The molecule has 29 heavy (non-hydrogen) atoms. The fourth-order valence-corrected chi connectivity index (χ4v) is 3.08. The van der Waals surface area contributed by atoms with Crippen LogP contribution in [-0.4, -0.2) is 25.7 Å². The third-order valence-corrected chi connectivity index (χ3v) is 4.51. The second-order valence-corrected chi connectivity index (χ2v) is 6.43. The van der Waals surface area contributed by atoms with Crippen LogP contribution < -0.4 is 0 Å². The minimum absolute atomic E-state index is 0.0237. The van der Waals surface area contributed by atoms with Gasteiger partial charge in [0.05, 0.1) is 11.5 Å². The molecule has 4 aromatic rings. The molecule has 0 radical (unpaired) electrons. The molecular weight excluding hydrogens is 368 g/mol. The maximum Gasteiger partial charge on any atom is 0.269 e. The smallest absolute Gasteiger partial charge is 0.269 e. The molecule has 0 aliphatic heterocycles. The number of carbonyl (C=O) groups excluding carboxylic acids is 1. The first-order chi connectivity index (χ1) is 14.1. The van der Waals surface area contributed by atoms with Crippen LogP contribution >= 0.6 is 0 Å². The van der Waals surface area contributed by atoms with Crippen molar-refractivity contribution in [1.82, 2.24) is 15.0 Å². The Labute approximate surface area is 166 Å². The van der Waals surface area contributed by atoms with E-state index >= 15 is 0 Å². The van der Waals surface area contributed by atoms with Gasteiger partial charge in [0.2, 0.25) is 5.78 Å². The van der Waals surface area contributed by atoms with Crippen LogP contribution in [0.3, 0.4) is 0 Å². The zero-order chi connectivity index (χ0) is 20.2. The number of nitro benzene ring substituents is 1. The lowest BCUT2D eigenvalue weighted by atomic mass is 10.0. The maximum absolute atomic E-state index is 13.0. The van der Waals surface area contributed by atoms with Crippen molar-refractivity contribution >= 4 is 11.5 Å². The Balaban J connectivity index is 1.75. The van der Waals surface area contributed by atoms with E-state index in [0.717, 1.165) is 11.1 Å². The Morgan fingerprint density at radius 1 is 0.897 bits per heavy atom. The zero-order valence-corrected chi connectivity index (χ0v) is 15.3. The molecule has 3 aromatic carbocycles. The number of hydrogen-bond donors (Lipinski definition) is 0. The van der Waals surface area contributed by atoms with Crippen LogP contribution in [0.2, 0.25) is 0 Å². The first-order valence-corrected chi connectivity index (χ1v) is 8.95. The molecule has 0 N–H and O–H groups in total. The highest BCUT2D eigenvalue weighted by Gasteiger charge is 2.22. The first kappa shape index (κ1) is 18.2. The van der Waals surface area contributed by atoms with Crippen molar-refractivity contribution in [2.24, 2.45) is 0 Å². The van der Waals surface area contributed by atoms with Gasteiger partial charge in [-0.2, -0.15) is 0 Å². The second kappa shape index (κ2) is 7.85. The van der Waals surface area contributed by atoms with Crippen LogP contribution in [0.1, 0.15) is 21.6 Å². The van der Waals surface area contributed by atoms with E-state index in [1.165, 1.54) is 12.1 Å². The van der Waals surface area contributed by atoms with Gasteiger partial charge in [-0.15, -0.1) is 5.10 Å². The van der Waals surface area contributed by atoms with Gasteiger partial charge in [-0.25, -0.2) is 4.68 Å². The Morgan fingerprint density at radius 2 is 1.52 bits per heavy atom. The molecule has 0 atom stereocenters. The van der Waals surface area contributed by atoms with Gasteiger partial charge in [0.15, 0.2) is 5.69 Å². The lowest BCUT2D eigenvalue weighted by molar-refractivity contribution is -0.384. The minimum Gasteiger partial charge on any atom is -0.287 e. The summed E-state index contributed by atoms with van der Waals surface area (Å²) >= 11 is 0. The molecule has 1 aromatic heterocycles. The number of carbonyl (C=O) groups is 1. The highest BCUT2D eigenvalue weighted by atomic mass is 16.6. The summed E-state index contributed by atoms with van der Waals surface area (Å²) in [6.45, 7) is 0.331. The maximum atomic E-state index is 13.0. The van der Waals surface area contributed by atoms with Gasteiger partial charge in [-0.05, 0) is 5.56 Å². The van der Waals surface area contributed by atoms with Crippen LogP contribution in [0.15, 0.2) is 84.9 Å². The van der Waals surface area contributed by atoms with Gasteiger partial charge >= 0.3 is 0 Å². The Morgan fingerprint density at radius 3 is 2.14 bits per heavy atom. The topological polar surface area (TPSA) is 90.9 Å². The summed E-state index contributed by atoms with van der Waals surface area (Å²) in [5, 5.41) is 19.2. The molecule has 0 amide bonds. The van der Waals surface area contributed by atoms with E-state index in [0.29, 0.717) is 17.8 Å². The molecule has 0 aliphatic rings. The quantitative estimate of drug-likeness (QED) is 0.283. The largest absolute Gasteiger partial charge is 0.287 e. The summed E-state index contributed by atoms with van der Waals surface area (Å²) in [6.07, 6.45) is 0. The van der Waals surface area contributed by atoms with Crippen LogP contribution in [0, 0.1) is 10.1 Å². The fraction of sp³-hybridized carbons (Fsp3) is 0.0455. The number of hydrogen-bond acceptors (Lipinski definition) is 5. The number of non-ortho nitro benzene ring substituents is 1. The van der Waals surface area contributed by atoms with Crippen molar-refractivity contribution < 1.29 is 9.72 Å². The molecule has 0 spiro atoms. The van der Waals surface area contributed by atoms with Crippen LogP contribution in [0.4, 0.5) is 5.69 Å². The molecule has 7 nitrogen and oxygen atoms in total. The molecule has 0 bridgehead atoms. The Hall–Kier alpha value is -4.13. The van der Waals surface area contributed by atoms with Crippen LogP contribution in [0.25, 0.3) is 11.3 Å². The van der Waals surface area contributed by atoms with E-state index in [1.54, 1.807) is 41.1 Å². The van der Waals surface area contributed by atoms with Gasteiger partial charge in [0.25, 0.3) is 5.69 Å². The summed E-state index contributed by atoms with van der Waals surface area (Å²) in [6, 6.07) is 24.6. The van der Waals surface area contributed by atoms with Crippen LogP contribution in [0.5, 0.6) is 0 Å². The van der Waals surface area contributed by atoms with Crippen molar-refractivity contribution in [3.63, 3.8) is 0 Å². The Bertz CT molecular complexity index is 1150. The van der Waals surface area contributed by atoms with Gasteiger partial charge < -0.3 is 0 Å². The molecule has 0 aliphatic carbocycles. The van der Waals surface area contributed by atoms with E-state index < -0.39 is 4.92 Å². The molecule has 0 unspecified atom stereocenters. The highest BCUT2D eigenvalue weighted by Crippen LogP contribution is 2.25. The second-order valence-electron chi connectivity index (χ2n) is 6.43. The molecule has 0 fully saturated rings. The van der Waals surface area contributed by atoms with Gasteiger partial charge in [0, 0.05) is 23.3 Å². The first-order valence-electron chi connectivity index (χ1n) is 8.95. The standard InChI is InChI=1S/C22H16N4O3/c27-22(18-9-5-2-6-10-18)20-21(17-7-3-1-4-8-17)25(24-23-20)15-16-11-13-19(14-12-16)26(28)29/h1-14H,15H2. The average molecular weight is 384 g/mol. The lowest BCUT2D eigenvalue weighted by Gasteiger charge is -2.08. The minimum atomic E-state index is -0.439. The van der Waals surface area contributed by atoms with E-state index in [4.69, 9.17) is 0 Å². The molecule has 142 valence electrons. The number of rotatable bonds is 6. The predicted octanol–water partition coefficient (Wildman–Crippen LogP) is 4.13. The van der Waals surface area contributed by atoms with E-state index in [9.17, 15) is 14.9 Å². The van der Waals surface area contributed by atoms with Crippen molar-refractivity contribution in [2.45, 2.75) is 6.54 Å². The normalized spacial score (nSPS) is 10.6. The van der Waals surface area contributed by atoms with Crippen molar-refractivity contribution in [3.8, 4) is 11.3 Å². The summed E-state index contributed by atoms with van der Waals surface area (Å²) in [5.41, 5.74) is 3.07. The van der Waals surface area contributed by atoms with E-state index in [1.807, 2.05) is 36.4 Å². The lowest BCUT2D eigenvalue weighted by Crippen LogP contribution is -2.07. The number of nitro groups is 1. The van der Waals surface area contributed by atoms with Gasteiger partial charge in [0.1, 0.15) is 5.69 Å². The molecule has 0 saturated heterocycles. The molecule has 1 heterocycles. The summed E-state index contributed by atoms with van der Waals surface area (Å²) in [4.78, 5) is 23.5. The number of benzene rings is 3. The number of nitrogens with zero attached hydrogens (tertiary/aromatic N) is 4. The SMILES string of the molecule is O=C(c1ccccc1)c1nnn(Cc2ccc([N+](=O)[O-])cc2)c1-c1ccccc1. The van der Waals surface area contributed by atoms with Crippen molar-refractivity contribution in [1.29, 1.82) is 0 Å². The zero-order valence-electron chi connectivity index (χ0n) is 15.3. The fourth-order valence-electron chi connectivity index (χ4n) is 3.08. The monoisotopic (exact) mass is 384 g/mol. The average Bonchev–Trinajstić information content (AvgIpc) is 3.18. The van der Waals surface area contributed by atoms with Crippen LogP contribution in [-0.2, 0) is 6.54 Å². The van der Waals surface area contributed by atoms with E-state index in [-0.39, 0.29) is 17.2 Å². The molecule has 7 heteroatoms. The predicted molar refractivity (Wildman–Crippen MR) is 108 cm³/mol. The Kier molecular flexibility index (Phi) is 4.94.